The van der Waals surface area contributed by atoms with E-state index >= 15 is 0 Å². The first-order valence-electron chi connectivity index (χ1n) is 6.06. The van der Waals surface area contributed by atoms with E-state index in [2.05, 4.69) is 6.07 Å². The number of fused-ring (bicyclic) bond motifs is 1. The third-order valence-corrected chi connectivity index (χ3v) is 3.45. The number of benzene rings is 1. The highest BCUT2D eigenvalue weighted by molar-refractivity contribution is 6.30. The summed E-state index contributed by atoms with van der Waals surface area (Å²) in [4.78, 5) is 0. The lowest BCUT2D eigenvalue weighted by atomic mass is 10.0. The number of nitrogens with zero attached hydrogens (tertiary/aromatic N) is 2. The Bertz CT molecular complexity index is 886. The molecule has 0 bridgehead atoms. The lowest BCUT2D eigenvalue weighted by molar-refractivity contribution is 1.01. The van der Waals surface area contributed by atoms with Crippen LogP contribution in [0.1, 0.15) is 5.56 Å². The fraction of sp³-hybridized carbons (Fsp3) is 0. The van der Waals surface area contributed by atoms with Gasteiger partial charge in [0.1, 0.15) is 11.6 Å². The van der Waals surface area contributed by atoms with Crippen molar-refractivity contribution in [1.29, 1.82) is 10.7 Å². The van der Waals surface area contributed by atoms with E-state index in [-0.39, 0.29) is 0 Å². The zero-order chi connectivity index (χ0) is 14.1. The number of halogens is 1. The molecule has 2 aromatic heterocycles. The van der Waals surface area contributed by atoms with Crippen molar-refractivity contribution in [3.05, 3.63) is 70.8 Å². The van der Waals surface area contributed by atoms with Crippen molar-refractivity contribution in [2.24, 2.45) is 0 Å². The zero-order valence-electron chi connectivity index (χ0n) is 10.5. The molecule has 1 aromatic carbocycles. The normalized spacial score (nSPS) is 10.4. The summed E-state index contributed by atoms with van der Waals surface area (Å²) in [5.41, 5.74) is 3.21. The van der Waals surface area contributed by atoms with E-state index in [4.69, 9.17) is 17.0 Å². The maximum atomic E-state index is 9.30. The van der Waals surface area contributed by atoms with Crippen LogP contribution in [-0.4, -0.2) is 4.40 Å². The van der Waals surface area contributed by atoms with E-state index in [0.717, 1.165) is 11.1 Å². The predicted molar refractivity (Wildman–Crippen MR) is 78.4 cm³/mol. The first-order valence-corrected chi connectivity index (χ1v) is 6.43. The van der Waals surface area contributed by atoms with Gasteiger partial charge in [0.2, 0.25) is 0 Å². The Morgan fingerprint density at radius 2 is 1.85 bits per heavy atom. The molecule has 0 fully saturated rings. The van der Waals surface area contributed by atoms with Crippen LogP contribution in [-0.2, 0) is 0 Å². The van der Waals surface area contributed by atoms with Gasteiger partial charge in [-0.05, 0) is 35.9 Å². The molecule has 20 heavy (non-hydrogen) atoms. The summed E-state index contributed by atoms with van der Waals surface area (Å²) in [5.74, 6) is 0. The molecule has 1 N–H and O–H groups in total. The average molecular weight is 280 g/mol. The SMILES string of the molecule is N#Cc1cc(-c2ccc(Cl)cc2)c(=N)n2ccccc12. The molecule has 0 aliphatic rings. The minimum Gasteiger partial charge on any atom is -0.300 e. The first-order chi connectivity index (χ1) is 9.70. The number of hydrogen-bond acceptors (Lipinski definition) is 2. The molecule has 0 saturated heterocycles. The third kappa shape index (κ3) is 1.97. The molecule has 0 saturated carbocycles. The summed E-state index contributed by atoms with van der Waals surface area (Å²) in [6.07, 6.45) is 1.79. The number of rotatable bonds is 1. The molecule has 3 nitrogen and oxygen atoms in total. The monoisotopic (exact) mass is 279 g/mol. The molecular formula is C16H10ClN3. The lowest BCUT2D eigenvalue weighted by Crippen LogP contribution is -2.16. The molecule has 96 valence electrons. The van der Waals surface area contributed by atoms with Gasteiger partial charge in [0.25, 0.3) is 0 Å². The van der Waals surface area contributed by atoms with Crippen LogP contribution in [0.2, 0.25) is 5.02 Å². The molecule has 2 heterocycles. The van der Waals surface area contributed by atoms with Gasteiger partial charge >= 0.3 is 0 Å². The molecule has 3 rings (SSSR count). The van der Waals surface area contributed by atoms with E-state index in [1.807, 2.05) is 30.3 Å². The quantitative estimate of drug-likeness (QED) is 0.727. The molecule has 0 aliphatic heterocycles. The number of pyridine rings is 2. The van der Waals surface area contributed by atoms with Crippen molar-refractivity contribution in [1.82, 2.24) is 4.40 Å². The Morgan fingerprint density at radius 1 is 1.10 bits per heavy atom. The van der Waals surface area contributed by atoms with E-state index in [1.165, 1.54) is 0 Å². The summed E-state index contributed by atoms with van der Waals surface area (Å²) in [7, 11) is 0. The van der Waals surface area contributed by atoms with Gasteiger partial charge in [0.15, 0.2) is 0 Å². The lowest BCUT2D eigenvalue weighted by Gasteiger charge is -2.09. The van der Waals surface area contributed by atoms with Crippen LogP contribution in [0.15, 0.2) is 54.7 Å². The van der Waals surface area contributed by atoms with Crippen LogP contribution in [0.25, 0.3) is 16.6 Å². The van der Waals surface area contributed by atoms with Crippen LogP contribution >= 0.6 is 11.6 Å². The Morgan fingerprint density at radius 3 is 2.55 bits per heavy atom. The average Bonchev–Trinajstić information content (AvgIpc) is 2.49. The number of nitrogens with one attached hydrogen (secondary N) is 1. The molecule has 0 amide bonds. The van der Waals surface area contributed by atoms with E-state index in [0.29, 0.717) is 21.6 Å². The van der Waals surface area contributed by atoms with Crippen LogP contribution in [0, 0.1) is 16.7 Å². The van der Waals surface area contributed by atoms with Gasteiger partial charge in [0, 0.05) is 16.8 Å². The maximum absolute atomic E-state index is 9.30. The van der Waals surface area contributed by atoms with Crippen molar-refractivity contribution in [2.75, 3.05) is 0 Å². The minimum atomic E-state index is 0.349. The van der Waals surface area contributed by atoms with Crippen LogP contribution < -0.4 is 5.49 Å². The van der Waals surface area contributed by atoms with Gasteiger partial charge in [-0.3, -0.25) is 5.41 Å². The second-order valence-electron chi connectivity index (χ2n) is 4.39. The maximum Gasteiger partial charge on any atom is 0.137 e. The number of aromatic nitrogens is 1. The molecule has 0 unspecified atom stereocenters. The molecular weight excluding hydrogens is 270 g/mol. The third-order valence-electron chi connectivity index (χ3n) is 3.20. The predicted octanol–water partition coefficient (Wildman–Crippen LogP) is 3.61. The van der Waals surface area contributed by atoms with E-state index < -0.39 is 0 Å². The van der Waals surface area contributed by atoms with Crippen molar-refractivity contribution >= 4 is 17.1 Å². The van der Waals surface area contributed by atoms with Gasteiger partial charge in [-0.1, -0.05) is 29.8 Å². The van der Waals surface area contributed by atoms with Gasteiger partial charge in [0.05, 0.1) is 11.1 Å². The van der Waals surface area contributed by atoms with Crippen LogP contribution in [0.3, 0.4) is 0 Å². The molecule has 4 heteroatoms. The first kappa shape index (κ1) is 12.5. The highest BCUT2D eigenvalue weighted by Crippen LogP contribution is 2.21. The summed E-state index contributed by atoms with van der Waals surface area (Å²) in [6.45, 7) is 0. The molecule has 0 radical (unpaired) electrons. The minimum absolute atomic E-state index is 0.349. The largest absolute Gasteiger partial charge is 0.300 e. The zero-order valence-corrected chi connectivity index (χ0v) is 11.2. The van der Waals surface area contributed by atoms with E-state index in [9.17, 15) is 5.26 Å². The van der Waals surface area contributed by atoms with E-state index in [1.54, 1.807) is 28.8 Å². The van der Waals surface area contributed by atoms with Gasteiger partial charge in [-0.2, -0.15) is 5.26 Å². The van der Waals surface area contributed by atoms with Crippen molar-refractivity contribution in [3.63, 3.8) is 0 Å². The summed E-state index contributed by atoms with van der Waals surface area (Å²) >= 11 is 5.89. The summed E-state index contributed by atoms with van der Waals surface area (Å²) in [6, 6.07) is 16.7. The van der Waals surface area contributed by atoms with Crippen LogP contribution in [0.4, 0.5) is 0 Å². The second kappa shape index (κ2) is 4.84. The Balaban J connectivity index is 2.38. The Kier molecular flexibility index (Phi) is 3.02. The smallest absolute Gasteiger partial charge is 0.137 e. The van der Waals surface area contributed by atoms with Gasteiger partial charge in [-0.15, -0.1) is 0 Å². The molecule has 0 atom stereocenters. The van der Waals surface area contributed by atoms with Gasteiger partial charge in [-0.25, -0.2) is 0 Å². The highest BCUT2D eigenvalue weighted by Gasteiger charge is 2.08. The number of nitriles is 1. The van der Waals surface area contributed by atoms with Crippen molar-refractivity contribution in [2.45, 2.75) is 0 Å². The van der Waals surface area contributed by atoms with Gasteiger partial charge < -0.3 is 4.40 Å². The topological polar surface area (TPSA) is 52.0 Å². The molecule has 3 aromatic rings. The Hall–Kier alpha value is -2.57. The second-order valence-corrected chi connectivity index (χ2v) is 4.83. The summed E-state index contributed by atoms with van der Waals surface area (Å²) < 4.78 is 1.71. The van der Waals surface area contributed by atoms with Crippen molar-refractivity contribution < 1.29 is 0 Å². The molecule has 0 aliphatic carbocycles. The van der Waals surface area contributed by atoms with Crippen LogP contribution in [0.5, 0.6) is 0 Å². The fourth-order valence-corrected chi connectivity index (χ4v) is 2.34. The number of hydrogen-bond donors (Lipinski definition) is 1. The standard InChI is InChI=1S/C16H10ClN3/c17-13-6-4-11(5-7-13)14-9-12(10-18)15-3-1-2-8-20(15)16(14)19/h1-9,19H. The fourth-order valence-electron chi connectivity index (χ4n) is 2.21. The van der Waals surface area contributed by atoms with Crippen molar-refractivity contribution in [3.8, 4) is 17.2 Å². The highest BCUT2D eigenvalue weighted by atomic mass is 35.5. The Labute approximate surface area is 120 Å². The summed E-state index contributed by atoms with van der Waals surface area (Å²) in [5, 5.41) is 18.3. The molecule has 0 spiro atoms.